The minimum absolute atomic E-state index is 0.358. The lowest BCUT2D eigenvalue weighted by Gasteiger charge is -2.44. The molecule has 3 aliphatic rings. The Bertz CT molecular complexity index is 557. The van der Waals surface area contributed by atoms with Crippen molar-refractivity contribution in [1.82, 2.24) is 9.97 Å². The minimum atomic E-state index is 0.358. The van der Waals surface area contributed by atoms with E-state index in [9.17, 15) is 0 Å². The molecule has 3 heterocycles. The van der Waals surface area contributed by atoms with E-state index in [0.717, 1.165) is 23.7 Å². The number of fused-ring (bicyclic) bond motifs is 2. The summed E-state index contributed by atoms with van der Waals surface area (Å²) in [4.78, 5) is 11.2. The van der Waals surface area contributed by atoms with E-state index in [1.165, 1.54) is 47.4 Å². The summed E-state index contributed by atoms with van der Waals surface area (Å²) in [6.07, 6.45) is 10.0. The average Bonchev–Trinajstić information content (AvgIpc) is 2.99. The third-order valence-electron chi connectivity index (χ3n) is 5.27. The Morgan fingerprint density at radius 3 is 2.79 bits per heavy atom. The summed E-state index contributed by atoms with van der Waals surface area (Å²) in [5.41, 5.74) is 4.41. The van der Waals surface area contributed by atoms with Gasteiger partial charge < -0.3 is 9.80 Å². The molecule has 1 aliphatic carbocycles. The first-order valence-electron chi connectivity index (χ1n) is 7.12. The number of nitrogens with one attached hydrogen (secondary N) is 2. The number of aromatic nitrogens is 2. The van der Waals surface area contributed by atoms with Crippen LogP contribution in [0.15, 0.2) is 18.2 Å². The van der Waals surface area contributed by atoms with Gasteiger partial charge in [0.1, 0.15) is 18.6 Å². The van der Waals surface area contributed by atoms with Gasteiger partial charge in [-0.1, -0.05) is 0 Å². The molecule has 0 bridgehead atoms. The van der Waals surface area contributed by atoms with Gasteiger partial charge in [0.05, 0.1) is 11.1 Å². The molecule has 2 aliphatic heterocycles. The van der Waals surface area contributed by atoms with Crippen LogP contribution in [0, 0.1) is 14.1 Å². The fraction of sp³-hybridized carbons (Fsp3) is 0.467. The Hall–Kier alpha value is -1.26. The van der Waals surface area contributed by atoms with Crippen LogP contribution in [0.1, 0.15) is 37.7 Å². The van der Waals surface area contributed by atoms with Crippen molar-refractivity contribution < 1.29 is 9.80 Å². The number of hydrogen-bond donors (Lipinski definition) is 2. The summed E-state index contributed by atoms with van der Waals surface area (Å²) in [6.45, 7) is 0.991. The van der Waals surface area contributed by atoms with Crippen molar-refractivity contribution in [1.29, 1.82) is 0 Å². The minimum Gasteiger partial charge on any atom is -0.455 e. The second-order valence-electron chi connectivity index (χ2n) is 6.17. The van der Waals surface area contributed by atoms with Gasteiger partial charge in [-0.05, 0) is 12.8 Å². The molecule has 0 aromatic carbocycles. The summed E-state index contributed by atoms with van der Waals surface area (Å²) in [5, 5.41) is 0. The molecule has 0 amide bonds. The third kappa shape index (κ3) is 1.47. The van der Waals surface area contributed by atoms with Crippen molar-refractivity contribution in [3.8, 4) is 0 Å². The molecule has 1 aromatic heterocycles. The Morgan fingerprint density at radius 2 is 2.00 bits per heavy atom. The summed E-state index contributed by atoms with van der Waals surface area (Å²) in [6, 6.07) is 0. The van der Waals surface area contributed by atoms with Crippen molar-refractivity contribution in [2.24, 2.45) is 0 Å². The second-order valence-corrected chi connectivity index (χ2v) is 6.17. The third-order valence-corrected chi connectivity index (χ3v) is 5.27. The lowest BCUT2D eigenvalue weighted by atomic mass is 9.82. The maximum atomic E-state index is 4.42. The van der Waals surface area contributed by atoms with E-state index in [1.807, 2.05) is 6.20 Å². The zero-order valence-electron chi connectivity index (χ0n) is 11.2. The maximum Gasteiger partial charge on any atom is 0.215 e. The van der Waals surface area contributed by atoms with E-state index in [4.69, 9.17) is 0 Å². The van der Waals surface area contributed by atoms with E-state index in [2.05, 4.69) is 24.1 Å². The molecule has 2 atom stereocenters. The van der Waals surface area contributed by atoms with Gasteiger partial charge in [0.2, 0.25) is 5.82 Å². The fourth-order valence-electron chi connectivity index (χ4n) is 4.14. The molecular weight excluding hydrogens is 236 g/mol. The molecule has 1 aromatic rings. The lowest BCUT2D eigenvalue weighted by molar-refractivity contribution is -0.922. The lowest BCUT2D eigenvalue weighted by Crippen LogP contribution is -3.19. The van der Waals surface area contributed by atoms with E-state index >= 15 is 0 Å². The van der Waals surface area contributed by atoms with E-state index in [-0.39, 0.29) is 0 Å². The van der Waals surface area contributed by atoms with Crippen molar-refractivity contribution in [3.05, 3.63) is 37.9 Å². The van der Waals surface area contributed by atoms with Crippen LogP contribution in [0.4, 0.5) is 5.82 Å². The monoisotopic (exact) mass is 256 g/mol. The molecule has 4 heteroatoms. The fourth-order valence-corrected chi connectivity index (χ4v) is 4.14. The van der Waals surface area contributed by atoms with Gasteiger partial charge in [-0.25, -0.2) is 4.98 Å². The molecule has 4 rings (SSSR count). The Kier molecular flexibility index (Phi) is 2.35. The van der Waals surface area contributed by atoms with E-state index in [1.54, 1.807) is 6.33 Å². The van der Waals surface area contributed by atoms with Crippen LogP contribution >= 0.6 is 0 Å². The van der Waals surface area contributed by atoms with Crippen molar-refractivity contribution in [2.45, 2.75) is 37.6 Å². The van der Waals surface area contributed by atoms with Crippen molar-refractivity contribution in [2.75, 3.05) is 6.54 Å². The zero-order valence-corrected chi connectivity index (χ0v) is 11.2. The molecule has 0 radical (unpaired) electrons. The molecule has 4 nitrogen and oxygen atoms in total. The number of hydrogen-bond acceptors (Lipinski definition) is 2. The summed E-state index contributed by atoms with van der Waals surface area (Å²) in [7, 11) is 8.64. The quantitative estimate of drug-likeness (QED) is 0.636. The Morgan fingerprint density at radius 1 is 1.21 bits per heavy atom. The largest absolute Gasteiger partial charge is 0.455 e. The highest BCUT2D eigenvalue weighted by Gasteiger charge is 2.47. The molecule has 1 saturated carbocycles. The van der Waals surface area contributed by atoms with Crippen LogP contribution in [0.25, 0.3) is 5.57 Å². The SMILES string of the molecule is [CH2-][NH+]1C2=C(CC3(CCCC3)[NH+]([CH2-])C2)c2cncnc21. The topological polar surface area (TPSA) is 34.7 Å². The summed E-state index contributed by atoms with van der Waals surface area (Å²) >= 11 is 0. The highest BCUT2D eigenvalue weighted by Crippen LogP contribution is 2.40. The number of quaternary nitrogens is 2. The Labute approximate surface area is 114 Å². The predicted octanol–water partition coefficient (Wildman–Crippen LogP) is -0.0977. The van der Waals surface area contributed by atoms with Crippen molar-refractivity contribution in [3.63, 3.8) is 0 Å². The normalized spacial score (nSPS) is 31.7. The van der Waals surface area contributed by atoms with E-state index in [0.29, 0.717) is 5.54 Å². The highest BCUT2D eigenvalue weighted by atomic mass is 15.3. The van der Waals surface area contributed by atoms with Crippen LogP contribution in [-0.2, 0) is 0 Å². The molecule has 0 saturated heterocycles. The molecule has 100 valence electrons. The zero-order chi connectivity index (χ0) is 13.0. The second kappa shape index (κ2) is 3.87. The van der Waals surface area contributed by atoms with Crippen LogP contribution in [0.5, 0.6) is 0 Å². The summed E-state index contributed by atoms with van der Waals surface area (Å²) < 4.78 is 0. The smallest absolute Gasteiger partial charge is 0.215 e. The molecule has 19 heavy (non-hydrogen) atoms. The highest BCUT2D eigenvalue weighted by molar-refractivity contribution is 5.76. The van der Waals surface area contributed by atoms with Gasteiger partial charge in [0.15, 0.2) is 0 Å². The number of nitrogens with zero attached hydrogens (tertiary/aromatic N) is 2. The predicted molar refractivity (Wildman–Crippen MR) is 71.9 cm³/mol. The van der Waals surface area contributed by atoms with Crippen LogP contribution in [-0.4, -0.2) is 22.1 Å². The van der Waals surface area contributed by atoms with Gasteiger partial charge in [-0.2, -0.15) is 4.98 Å². The van der Waals surface area contributed by atoms with Crippen molar-refractivity contribution >= 4 is 11.4 Å². The number of rotatable bonds is 0. The molecule has 2 unspecified atom stereocenters. The standard InChI is InChI=1S/C15H20N4/c1-18-9-13-11(7-15(18)5-3-4-6-15)12-8-16-10-17-14(12)19(13)2/h8,10,18-19H,1-7,9H2. The Balaban J connectivity index is 1.80. The van der Waals surface area contributed by atoms with Crippen LogP contribution in [0.2, 0.25) is 0 Å². The van der Waals surface area contributed by atoms with Gasteiger partial charge in [-0.15, -0.1) is 14.1 Å². The maximum absolute atomic E-state index is 4.42. The van der Waals surface area contributed by atoms with Crippen LogP contribution < -0.4 is 9.80 Å². The van der Waals surface area contributed by atoms with Gasteiger partial charge in [0, 0.05) is 31.0 Å². The molecule has 1 fully saturated rings. The van der Waals surface area contributed by atoms with Gasteiger partial charge >= 0.3 is 0 Å². The first-order chi connectivity index (χ1) is 9.21. The van der Waals surface area contributed by atoms with Gasteiger partial charge in [-0.3, -0.25) is 0 Å². The average molecular weight is 256 g/mol. The molecule has 1 spiro atoms. The molecule has 2 N–H and O–H groups in total. The van der Waals surface area contributed by atoms with Crippen LogP contribution in [0.3, 0.4) is 0 Å². The summed E-state index contributed by atoms with van der Waals surface area (Å²) in [5.74, 6) is 1.04. The first kappa shape index (κ1) is 11.6. The van der Waals surface area contributed by atoms with Gasteiger partial charge in [0.25, 0.3) is 0 Å². The molecular formula is C15H20N4. The first-order valence-corrected chi connectivity index (χ1v) is 7.12. The van der Waals surface area contributed by atoms with E-state index < -0.39 is 0 Å².